The van der Waals surface area contributed by atoms with Gasteiger partial charge in [0, 0.05) is 7.05 Å². The summed E-state index contributed by atoms with van der Waals surface area (Å²) in [6, 6.07) is -0.396. The molecule has 2 amide bonds. The lowest BCUT2D eigenvalue weighted by Crippen LogP contribution is -2.28. The third-order valence-electron chi connectivity index (χ3n) is 1.21. The molecular weight excluding hydrogens is 194 g/mol. The highest BCUT2D eigenvalue weighted by atomic mass is 35.5. The Morgan fingerprint density at radius 3 is 3.15 bits per heavy atom. The van der Waals surface area contributed by atoms with Crippen LogP contribution in [0.3, 0.4) is 0 Å². The number of hydrazone groups is 1. The van der Waals surface area contributed by atoms with Crippen LogP contribution in [0, 0.1) is 0 Å². The minimum absolute atomic E-state index is 0.396. The molecule has 0 aliphatic carbocycles. The van der Waals surface area contributed by atoms with E-state index in [9.17, 15) is 4.79 Å². The normalized spacial score (nSPS) is 10.3. The fourth-order valence-corrected chi connectivity index (χ4v) is 0.723. The first kappa shape index (κ1) is 9.53. The van der Waals surface area contributed by atoms with Gasteiger partial charge in [0.25, 0.3) is 0 Å². The fourth-order valence-electron chi connectivity index (χ4n) is 0.583. The van der Waals surface area contributed by atoms with E-state index in [4.69, 9.17) is 11.6 Å². The van der Waals surface area contributed by atoms with Crippen LogP contribution < -0.4 is 10.7 Å². The molecule has 1 heterocycles. The predicted molar refractivity (Wildman–Crippen MR) is 48.8 cm³/mol. The zero-order valence-electron chi connectivity index (χ0n) is 6.84. The summed E-state index contributed by atoms with van der Waals surface area (Å²) in [5, 5.41) is 12.6. The minimum atomic E-state index is -0.396. The van der Waals surface area contributed by atoms with Crippen LogP contribution >= 0.6 is 11.6 Å². The number of nitrogens with zero attached hydrogens (tertiary/aromatic N) is 2. The number of nitrogens with one attached hydrogen (secondary N) is 3. The maximum atomic E-state index is 10.6. The molecule has 70 valence electrons. The SMILES string of the molecule is CNC(=O)N/N=C/c1[nH]ncc1Cl. The molecule has 0 radical (unpaired) electrons. The summed E-state index contributed by atoms with van der Waals surface area (Å²) in [5.41, 5.74) is 2.75. The lowest BCUT2D eigenvalue weighted by Gasteiger charge is -1.94. The van der Waals surface area contributed by atoms with Crippen molar-refractivity contribution in [2.75, 3.05) is 7.05 Å². The molecule has 0 aliphatic rings. The molecule has 0 fully saturated rings. The standard InChI is InChI=1S/C6H8ClN5O/c1-8-6(13)12-10-3-5-4(7)2-9-11-5/h2-3H,1H3,(H,9,11)(H2,8,12,13)/b10-3+. The second-order valence-electron chi connectivity index (χ2n) is 2.08. The summed E-state index contributed by atoms with van der Waals surface area (Å²) >= 11 is 5.68. The van der Waals surface area contributed by atoms with E-state index < -0.39 is 6.03 Å². The molecule has 0 bridgehead atoms. The van der Waals surface area contributed by atoms with Crippen LogP contribution in [0.2, 0.25) is 5.02 Å². The molecule has 1 aromatic rings. The highest BCUT2D eigenvalue weighted by Crippen LogP contribution is 2.07. The molecule has 7 heteroatoms. The zero-order chi connectivity index (χ0) is 9.68. The Hall–Kier alpha value is -1.56. The number of halogens is 1. The number of urea groups is 1. The van der Waals surface area contributed by atoms with Crippen LogP contribution in [0.15, 0.2) is 11.3 Å². The van der Waals surface area contributed by atoms with Gasteiger partial charge in [-0.05, 0) is 0 Å². The minimum Gasteiger partial charge on any atom is -0.340 e. The average Bonchev–Trinajstić information content (AvgIpc) is 2.52. The molecule has 0 saturated heterocycles. The van der Waals surface area contributed by atoms with E-state index in [1.807, 2.05) is 0 Å². The smallest absolute Gasteiger partial charge is 0.334 e. The van der Waals surface area contributed by atoms with Crippen molar-refractivity contribution in [1.82, 2.24) is 20.9 Å². The fraction of sp³-hybridized carbons (Fsp3) is 0.167. The van der Waals surface area contributed by atoms with Gasteiger partial charge in [0.05, 0.1) is 23.1 Å². The third-order valence-corrected chi connectivity index (χ3v) is 1.51. The van der Waals surface area contributed by atoms with Crippen molar-refractivity contribution >= 4 is 23.8 Å². The van der Waals surface area contributed by atoms with Crippen LogP contribution in [0.25, 0.3) is 0 Å². The first-order valence-electron chi connectivity index (χ1n) is 3.43. The van der Waals surface area contributed by atoms with Gasteiger partial charge in [0.2, 0.25) is 0 Å². The summed E-state index contributed by atoms with van der Waals surface area (Å²) in [6.45, 7) is 0. The van der Waals surface area contributed by atoms with Crippen molar-refractivity contribution in [3.05, 3.63) is 16.9 Å². The summed E-state index contributed by atoms with van der Waals surface area (Å²) < 4.78 is 0. The van der Waals surface area contributed by atoms with Crippen molar-refractivity contribution in [2.24, 2.45) is 5.10 Å². The van der Waals surface area contributed by atoms with Crippen molar-refractivity contribution in [2.45, 2.75) is 0 Å². The Bertz CT molecular complexity index is 321. The van der Waals surface area contributed by atoms with Crippen molar-refractivity contribution < 1.29 is 4.79 Å². The van der Waals surface area contributed by atoms with Crippen molar-refractivity contribution in [3.63, 3.8) is 0 Å². The molecule has 0 atom stereocenters. The lowest BCUT2D eigenvalue weighted by atomic mass is 10.5. The average molecular weight is 202 g/mol. The molecule has 1 rings (SSSR count). The molecule has 0 saturated carbocycles. The summed E-state index contributed by atoms with van der Waals surface area (Å²) in [4.78, 5) is 10.6. The zero-order valence-corrected chi connectivity index (χ0v) is 7.59. The molecule has 0 unspecified atom stereocenters. The van der Waals surface area contributed by atoms with Gasteiger partial charge in [-0.15, -0.1) is 0 Å². The molecule has 0 spiro atoms. The van der Waals surface area contributed by atoms with Crippen molar-refractivity contribution in [3.8, 4) is 0 Å². The largest absolute Gasteiger partial charge is 0.340 e. The number of aromatic amines is 1. The van der Waals surface area contributed by atoms with Gasteiger partial charge >= 0.3 is 6.03 Å². The van der Waals surface area contributed by atoms with E-state index >= 15 is 0 Å². The number of hydrogen-bond donors (Lipinski definition) is 3. The third kappa shape index (κ3) is 2.75. The quantitative estimate of drug-likeness (QED) is 0.476. The number of amides is 2. The van der Waals surface area contributed by atoms with Crippen LogP contribution in [-0.4, -0.2) is 29.5 Å². The van der Waals surface area contributed by atoms with E-state index in [1.165, 1.54) is 19.5 Å². The van der Waals surface area contributed by atoms with Gasteiger partial charge < -0.3 is 5.32 Å². The molecular formula is C6H8ClN5O. The van der Waals surface area contributed by atoms with Crippen LogP contribution in [0.1, 0.15) is 5.69 Å². The first-order valence-corrected chi connectivity index (χ1v) is 3.81. The maximum Gasteiger partial charge on any atom is 0.334 e. The molecule has 0 aromatic carbocycles. The van der Waals surface area contributed by atoms with Gasteiger partial charge in [-0.1, -0.05) is 11.6 Å². The Morgan fingerprint density at radius 2 is 2.62 bits per heavy atom. The Kier molecular flexibility index (Phi) is 3.27. The van der Waals surface area contributed by atoms with Crippen LogP contribution in [0.5, 0.6) is 0 Å². The van der Waals surface area contributed by atoms with E-state index in [0.29, 0.717) is 10.7 Å². The Labute approximate surface area is 79.4 Å². The molecule has 13 heavy (non-hydrogen) atoms. The topological polar surface area (TPSA) is 82.2 Å². The maximum absolute atomic E-state index is 10.6. The highest BCUT2D eigenvalue weighted by Gasteiger charge is 1.97. The number of H-pyrrole nitrogens is 1. The molecule has 6 nitrogen and oxygen atoms in total. The number of rotatable bonds is 2. The Balaban J connectivity index is 2.50. The second kappa shape index (κ2) is 4.46. The summed E-state index contributed by atoms with van der Waals surface area (Å²) in [5.74, 6) is 0. The van der Waals surface area contributed by atoms with E-state index in [0.717, 1.165) is 0 Å². The number of carbonyl (C=O) groups excluding carboxylic acids is 1. The molecule has 3 N–H and O–H groups in total. The Morgan fingerprint density at radius 1 is 1.85 bits per heavy atom. The first-order chi connectivity index (χ1) is 6.24. The molecule has 0 aliphatic heterocycles. The number of aromatic nitrogens is 2. The lowest BCUT2D eigenvalue weighted by molar-refractivity contribution is 0.243. The summed E-state index contributed by atoms with van der Waals surface area (Å²) in [6.07, 6.45) is 2.81. The van der Waals surface area contributed by atoms with Gasteiger partial charge in [0.15, 0.2) is 0 Å². The second-order valence-corrected chi connectivity index (χ2v) is 2.49. The summed E-state index contributed by atoms with van der Waals surface area (Å²) in [7, 11) is 1.49. The molecule has 1 aromatic heterocycles. The predicted octanol–water partition coefficient (Wildman–Crippen LogP) is 0.326. The van der Waals surface area contributed by atoms with Gasteiger partial charge in [0.1, 0.15) is 0 Å². The van der Waals surface area contributed by atoms with Gasteiger partial charge in [-0.25, -0.2) is 10.2 Å². The van der Waals surface area contributed by atoms with E-state index in [2.05, 4.69) is 26.0 Å². The van der Waals surface area contributed by atoms with Crippen molar-refractivity contribution in [1.29, 1.82) is 0 Å². The van der Waals surface area contributed by atoms with E-state index in [-0.39, 0.29) is 0 Å². The van der Waals surface area contributed by atoms with Gasteiger partial charge in [-0.3, -0.25) is 5.10 Å². The number of carbonyl (C=O) groups is 1. The highest BCUT2D eigenvalue weighted by molar-refractivity contribution is 6.32. The van der Waals surface area contributed by atoms with Crippen LogP contribution in [0.4, 0.5) is 4.79 Å². The van der Waals surface area contributed by atoms with Crippen LogP contribution in [-0.2, 0) is 0 Å². The van der Waals surface area contributed by atoms with Gasteiger partial charge in [-0.2, -0.15) is 10.2 Å². The monoisotopic (exact) mass is 201 g/mol. The van der Waals surface area contributed by atoms with E-state index in [1.54, 1.807) is 0 Å². The number of hydrogen-bond acceptors (Lipinski definition) is 3.